The molecule has 4 nitrogen and oxygen atoms in total. The average molecular weight is 370 g/mol. The Morgan fingerprint density at radius 2 is 1.56 bits per heavy atom. The molecule has 0 spiro atoms. The van der Waals surface area contributed by atoms with Gasteiger partial charge in [0.25, 0.3) is 0 Å². The van der Waals surface area contributed by atoms with Crippen molar-refractivity contribution in [3.05, 3.63) is 65.2 Å². The van der Waals surface area contributed by atoms with Crippen LogP contribution in [0.1, 0.15) is 31.9 Å². The second kappa shape index (κ2) is 9.47. The van der Waals surface area contributed by atoms with Crippen LogP contribution in [-0.4, -0.2) is 27.9 Å². The molecule has 0 saturated heterocycles. The van der Waals surface area contributed by atoms with E-state index in [1.165, 1.54) is 11.1 Å². The Balaban J connectivity index is 2.22. The molecule has 0 radical (unpaired) electrons. The largest absolute Gasteiger partial charge is 0.497 e. The first-order chi connectivity index (χ1) is 12.9. The standard InChI is InChI=1S/C23H31NO3/c1-23(2,3)21(16-24-15-17-10-12-19(25-4)13-11-17)22(27-6)18-8-7-9-20(14-18)26-5/h7-14,24H,15-16H2,1-6H3/b22-21-. The van der Waals surface area contributed by atoms with Crippen LogP contribution in [0.3, 0.4) is 0 Å². The quantitative estimate of drug-likeness (QED) is 0.672. The SMILES string of the molecule is CO/C(=C(/CNCc1ccc(OC)cc1)C(C)(C)C)c1cccc(OC)c1. The first-order valence-corrected chi connectivity index (χ1v) is 9.14. The van der Waals surface area contributed by atoms with Gasteiger partial charge in [-0.2, -0.15) is 0 Å². The van der Waals surface area contributed by atoms with Crippen molar-refractivity contribution in [2.45, 2.75) is 27.3 Å². The first-order valence-electron chi connectivity index (χ1n) is 9.14. The van der Waals surface area contributed by atoms with E-state index in [9.17, 15) is 0 Å². The minimum absolute atomic E-state index is 0.0403. The van der Waals surface area contributed by atoms with E-state index in [-0.39, 0.29) is 5.41 Å². The number of nitrogens with one attached hydrogen (secondary N) is 1. The molecular formula is C23H31NO3. The molecule has 0 aliphatic heterocycles. The van der Waals surface area contributed by atoms with Crippen LogP contribution in [0.4, 0.5) is 0 Å². The van der Waals surface area contributed by atoms with E-state index in [0.29, 0.717) is 0 Å². The van der Waals surface area contributed by atoms with Crippen molar-refractivity contribution in [2.24, 2.45) is 5.41 Å². The maximum atomic E-state index is 5.83. The fourth-order valence-electron chi connectivity index (χ4n) is 2.94. The van der Waals surface area contributed by atoms with Gasteiger partial charge in [-0.25, -0.2) is 0 Å². The van der Waals surface area contributed by atoms with Gasteiger partial charge >= 0.3 is 0 Å². The third kappa shape index (κ3) is 5.76. The van der Waals surface area contributed by atoms with Gasteiger partial charge in [0.05, 0.1) is 21.3 Å². The smallest absolute Gasteiger partial charge is 0.127 e. The lowest BCUT2D eigenvalue weighted by atomic mass is 9.84. The van der Waals surface area contributed by atoms with Gasteiger partial charge in [0.2, 0.25) is 0 Å². The minimum atomic E-state index is -0.0403. The molecule has 0 fully saturated rings. The molecular weight excluding hydrogens is 338 g/mol. The molecule has 2 rings (SSSR count). The van der Waals surface area contributed by atoms with Crippen LogP contribution in [-0.2, 0) is 11.3 Å². The summed E-state index contributed by atoms with van der Waals surface area (Å²) in [5.41, 5.74) is 3.41. The molecule has 0 atom stereocenters. The maximum Gasteiger partial charge on any atom is 0.127 e. The second-order valence-electron chi connectivity index (χ2n) is 7.45. The average Bonchev–Trinajstić information content (AvgIpc) is 2.67. The van der Waals surface area contributed by atoms with Crippen LogP contribution < -0.4 is 14.8 Å². The van der Waals surface area contributed by atoms with E-state index < -0.39 is 0 Å². The molecule has 146 valence electrons. The van der Waals surface area contributed by atoms with Crippen LogP contribution in [0.25, 0.3) is 5.76 Å². The summed E-state index contributed by atoms with van der Waals surface area (Å²) in [7, 11) is 5.08. The molecule has 2 aromatic carbocycles. The van der Waals surface area contributed by atoms with E-state index >= 15 is 0 Å². The summed E-state index contributed by atoms with van der Waals surface area (Å²) in [6.45, 7) is 8.12. The molecule has 27 heavy (non-hydrogen) atoms. The minimum Gasteiger partial charge on any atom is -0.497 e. The molecule has 0 saturated carbocycles. The van der Waals surface area contributed by atoms with Crippen molar-refractivity contribution in [1.29, 1.82) is 0 Å². The second-order valence-corrected chi connectivity index (χ2v) is 7.45. The summed E-state index contributed by atoms with van der Waals surface area (Å²) in [6.07, 6.45) is 0. The summed E-state index contributed by atoms with van der Waals surface area (Å²) in [6, 6.07) is 16.1. The highest BCUT2D eigenvalue weighted by Crippen LogP contribution is 2.33. The lowest BCUT2D eigenvalue weighted by Crippen LogP contribution is -2.25. The van der Waals surface area contributed by atoms with Gasteiger partial charge in [0.15, 0.2) is 0 Å². The highest BCUT2D eigenvalue weighted by molar-refractivity contribution is 5.65. The van der Waals surface area contributed by atoms with Crippen LogP contribution in [0.5, 0.6) is 11.5 Å². The number of hydrogen-bond donors (Lipinski definition) is 1. The van der Waals surface area contributed by atoms with Gasteiger partial charge < -0.3 is 19.5 Å². The predicted molar refractivity (Wildman–Crippen MR) is 111 cm³/mol. The first kappa shape index (κ1) is 20.8. The molecule has 0 amide bonds. The zero-order valence-corrected chi connectivity index (χ0v) is 17.3. The molecule has 0 aliphatic rings. The molecule has 1 N–H and O–H groups in total. The van der Waals surface area contributed by atoms with Crippen molar-refractivity contribution >= 4 is 5.76 Å². The van der Waals surface area contributed by atoms with Crippen LogP contribution in [0.15, 0.2) is 54.1 Å². The zero-order valence-electron chi connectivity index (χ0n) is 17.3. The van der Waals surface area contributed by atoms with Crippen LogP contribution >= 0.6 is 0 Å². The third-order valence-corrected chi connectivity index (χ3v) is 4.51. The predicted octanol–water partition coefficient (Wildman–Crippen LogP) is 4.90. The van der Waals surface area contributed by atoms with Crippen molar-refractivity contribution in [1.82, 2.24) is 5.32 Å². The maximum absolute atomic E-state index is 5.83. The Morgan fingerprint density at radius 3 is 2.11 bits per heavy atom. The number of hydrogen-bond acceptors (Lipinski definition) is 4. The number of ether oxygens (including phenoxy) is 3. The summed E-state index contributed by atoms with van der Waals surface area (Å²) in [4.78, 5) is 0. The molecule has 0 unspecified atom stereocenters. The van der Waals surface area contributed by atoms with E-state index in [0.717, 1.165) is 35.9 Å². The highest BCUT2D eigenvalue weighted by atomic mass is 16.5. The molecule has 0 aliphatic carbocycles. The molecule has 4 heteroatoms. The van der Waals surface area contributed by atoms with Crippen LogP contribution in [0.2, 0.25) is 0 Å². The summed E-state index contributed by atoms with van der Waals surface area (Å²) in [5, 5.41) is 3.55. The van der Waals surface area contributed by atoms with Gasteiger partial charge in [-0.3, -0.25) is 0 Å². The van der Waals surface area contributed by atoms with Gasteiger partial charge in [0.1, 0.15) is 17.3 Å². The van der Waals surface area contributed by atoms with Crippen molar-refractivity contribution in [3.8, 4) is 11.5 Å². The van der Waals surface area contributed by atoms with Gasteiger partial charge in [-0.1, -0.05) is 45.0 Å². The van der Waals surface area contributed by atoms with E-state index in [1.807, 2.05) is 30.3 Å². The fourth-order valence-corrected chi connectivity index (χ4v) is 2.94. The van der Waals surface area contributed by atoms with Gasteiger partial charge in [-0.15, -0.1) is 0 Å². The summed E-state index contributed by atoms with van der Waals surface area (Å²) >= 11 is 0. The normalized spacial score (nSPS) is 12.4. The van der Waals surface area contributed by atoms with E-state index in [2.05, 4.69) is 44.3 Å². The number of methoxy groups -OCH3 is 3. The number of rotatable bonds is 8. The lowest BCUT2D eigenvalue weighted by molar-refractivity contribution is 0.349. The molecule has 0 heterocycles. The molecule has 0 bridgehead atoms. The van der Waals surface area contributed by atoms with Crippen molar-refractivity contribution in [3.63, 3.8) is 0 Å². The topological polar surface area (TPSA) is 39.7 Å². The Labute approximate surface area is 163 Å². The molecule has 2 aromatic rings. The van der Waals surface area contributed by atoms with Crippen molar-refractivity contribution < 1.29 is 14.2 Å². The van der Waals surface area contributed by atoms with E-state index in [1.54, 1.807) is 21.3 Å². The molecule has 0 aromatic heterocycles. The van der Waals surface area contributed by atoms with E-state index in [4.69, 9.17) is 14.2 Å². The monoisotopic (exact) mass is 369 g/mol. The zero-order chi connectivity index (χ0) is 19.9. The number of benzene rings is 2. The Hall–Kier alpha value is -2.46. The summed E-state index contributed by atoms with van der Waals surface area (Å²) < 4.78 is 16.4. The lowest BCUT2D eigenvalue weighted by Gasteiger charge is -2.27. The summed E-state index contributed by atoms with van der Waals surface area (Å²) in [5.74, 6) is 2.58. The fraction of sp³-hybridized carbons (Fsp3) is 0.391. The van der Waals surface area contributed by atoms with Crippen molar-refractivity contribution in [2.75, 3.05) is 27.9 Å². The van der Waals surface area contributed by atoms with Gasteiger partial charge in [0, 0.05) is 18.7 Å². The Bertz CT molecular complexity index is 758. The Morgan fingerprint density at radius 1 is 0.889 bits per heavy atom. The van der Waals surface area contributed by atoms with Crippen LogP contribution in [0, 0.1) is 5.41 Å². The highest BCUT2D eigenvalue weighted by Gasteiger charge is 2.23. The third-order valence-electron chi connectivity index (χ3n) is 4.51. The van der Waals surface area contributed by atoms with Gasteiger partial charge in [-0.05, 0) is 40.8 Å². The Kier molecular flexibility index (Phi) is 7.31.